The van der Waals surface area contributed by atoms with E-state index in [1.165, 1.54) is 26.5 Å². The van der Waals surface area contributed by atoms with Crippen LogP contribution in [-0.2, 0) is 21.1 Å². The van der Waals surface area contributed by atoms with Crippen LogP contribution in [-0.4, -0.2) is 31.8 Å². The average Bonchev–Trinajstić information content (AvgIpc) is 3.67. The Balaban J connectivity index is 0.00000372. The molecule has 0 aliphatic rings. The first kappa shape index (κ1) is 32.2. The summed E-state index contributed by atoms with van der Waals surface area (Å²) in [5.41, 5.74) is 7.59. The molecular formula is C38H32N4OPtS2. The second-order valence-electron chi connectivity index (χ2n) is 11.3. The van der Waals surface area contributed by atoms with E-state index in [1.807, 2.05) is 41.3 Å². The summed E-state index contributed by atoms with van der Waals surface area (Å²) >= 11 is 3.52. The standard InChI is InChI=1S/C38H32N4OS2.Pt/c1-24(2)26-15-16-39-37(19-26)42-33-12-7-6-11-31(33)32-14-13-30(21-34(32)42)43-29-10-8-9-28(20-29)41-23-27(22-40-41)38-35(44-4)17-25(3)18-36(38)45-5;/h6-19,22-24H,1-5H3;/q-2;+2. The molecule has 0 N–H and O–H groups in total. The predicted molar refractivity (Wildman–Crippen MR) is 188 cm³/mol. The smallest absolute Gasteiger partial charge is 0.509 e. The first-order valence-electron chi connectivity index (χ1n) is 14.8. The van der Waals surface area contributed by atoms with E-state index >= 15 is 0 Å². The summed E-state index contributed by atoms with van der Waals surface area (Å²) < 4.78 is 10.4. The first-order valence-corrected chi connectivity index (χ1v) is 17.3. The molecule has 7 rings (SSSR count). The van der Waals surface area contributed by atoms with Crippen molar-refractivity contribution < 1.29 is 25.8 Å². The molecule has 5 nitrogen and oxygen atoms in total. The summed E-state index contributed by atoms with van der Waals surface area (Å²) in [5.74, 6) is 2.46. The van der Waals surface area contributed by atoms with Crippen molar-refractivity contribution in [2.45, 2.75) is 36.5 Å². The van der Waals surface area contributed by atoms with Crippen LogP contribution in [0.15, 0.2) is 107 Å². The number of para-hydroxylation sites is 1. The molecule has 0 radical (unpaired) electrons. The van der Waals surface area contributed by atoms with Crippen LogP contribution in [0, 0.1) is 19.1 Å². The minimum Gasteiger partial charge on any atom is -0.509 e. The number of pyridine rings is 1. The Bertz CT molecular complexity index is 2160. The summed E-state index contributed by atoms with van der Waals surface area (Å²) in [6.07, 6.45) is 10.1. The molecule has 0 fully saturated rings. The number of rotatable bonds is 8. The Morgan fingerprint density at radius 3 is 2.35 bits per heavy atom. The third-order valence-electron chi connectivity index (χ3n) is 7.96. The van der Waals surface area contributed by atoms with Crippen molar-refractivity contribution in [2.24, 2.45) is 0 Å². The van der Waals surface area contributed by atoms with Gasteiger partial charge in [-0.25, -0.2) is 4.98 Å². The maximum absolute atomic E-state index is 6.38. The molecule has 4 aromatic carbocycles. The van der Waals surface area contributed by atoms with Gasteiger partial charge in [0.1, 0.15) is 5.82 Å². The van der Waals surface area contributed by atoms with Gasteiger partial charge in [0.2, 0.25) is 0 Å². The van der Waals surface area contributed by atoms with Gasteiger partial charge < -0.3 is 9.30 Å². The molecule has 0 aliphatic carbocycles. The van der Waals surface area contributed by atoms with Crippen LogP contribution in [0.3, 0.4) is 0 Å². The number of hydrogen-bond donors (Lipinski definition) is 0. The third kappa shape index (κ3) is 6.04. The van der Waals surface area contributed by atoms with Gasteiger partial charge in [0.15, 0.2) is 0 Å². The SMILES string of the molecule is CSc1cc(C)cc(SC)c1-c1cnn(-c2[c-]c(Oc3[c-]c4c(cc3)c3ccccc3n4-c3cc(C(C)C)ccn3)ccc2)c1.[Pt+2]. The molecule has 0 amide bonds. The fraction of sp³-hybridized carbons (Fsp3) is 0.158. The van der Waals surface area contributed by atoms with Crippen molar-refractivity contribution in [2.75, 3.05) is 12.5 Å². The molecule has 46 heavy (non-hydrogen) atoms. The number of nitrogens with zero attached hydrogens (tertiary/aromatic N) is 4. The second kappa shape index (κ2) is 13.5. The first-order chi connectivity index (χ1) is 21.9. The monoisotopic (exact) mass is 819 g/mol. The minimum atomic E-state index is 0. The molecule has 0 saturated heterocycles. The zero-order chi connectivity index (χ0) is 31.1. The van der Waals surface area contributed by atoms with Crippen molar-refractivity contribution in [1.82, 2.24) is 19.3 Å². The topological polar surface area (TPSA) is 44.9 Å². The summed E-state index contributed by atoms with van der Waals surface area (Å²) in [5, 5.41) is 6.96. The van der Waals surface area contributed by atoms with E-state index in [-0.39, 0.29) is 21.1 Å². The molecule has 0 unspecified atom stereocenters. The van der Waals surface area contributed by atoms with Gasteiger partial charge in [-0.05, 0) is 77.9 Å². The van der Waals surface area contributed by atoms with Gasteiger partial charge in [0.25, 0.3) is 0 Å². The van der Waals surface area contributed by atoms with Crippen LogP contribution in [0.4, 0.5) is 0 Å². The van der Waals surface area contributed by atoms with E-state index in [9.17, 15) is 0 Å². The van der Waals surface area contributed by atoms with Gasteiger partial charge >= 0.3 is 21.1 Å². The van der Waals surface area contributed by atoms with E-state index in [0.29, 0.717) is 17.4 Å². The van der Waals surface area contributed by atoms with Gasteiger partial charge in [-0.1, -0.05) is 37.6 Å². The quantitative estimate of drug-likeness (QED) is 0.113. The summed E-state index contributed by atoms with van der Waals surface area (Å²) in [7, 11) is 0. The number of ether oxygens (including phenoxy) is 1. The second-order valence-corrected chi connectivity index (χ2v) is 13.0. The molecule has 0 bridgehead atoms. The molecule has 3 aromatic heterocycles. The van der Waals surface area contributed by atoms with Crippen molar-refractivity contribution >= 4 is 45.3 Å². The average molecular weight is 820 g/mol. The van der Waals surface area contributed by atoms with Crippen LogP contribution in [0.5, 0.6) is 11.5 Å². The Kier molecular flexibility index (Phi) is 9.46. The number of hydrogen-bond acceptors (Lipinski definition) is 5. The van der Waals surface area contributed by atoms with E-state index < -0.39 is 0 Å². The van der Waals surface area contributed by atoms with Gasteiger partial charge in [-0.3, -0.25) is 4.68 Å². The molecule has 0 spiro atoms. The van der Waals surface area contributed by atoms with Crippen molar-refractivity contribution in [1.29, 1.82) is 0 Å². The maximum Gasteiger partial charge on any atom is 2.00 e. The Labute approximate surface area is 292 Å². The predicted octanol–water partition coefficient (Wildman–Crippen LogP) is 10.3. The van der Waals surface area contributed by atoms with Gasteiger partial charge in [-0.2, -0.15) is 17.2 Å². The number of benzene rings is 4. The number of aryl methyl sites for hydroxylation is 1. The van der Waals surface area contributed by atoms with Crippen molar-refractivity contribution in [3.63, 3.8) is 0 Å². The number of fused-ring (bicyclic) bond motifs is 3. The fourth-order valence-electron chi connectivity index (χ4n) is 5.75. The van der Waals surface area contributed by atoms with E-state index in [2.05, 4.69) is 111 Å². The largest absolute Gasteiger partial charge is 2.00 e. The molecule has 0 aliphatic heterocycles. The van der Waals surface area contributed by atoms with Crippen LogP contribution >= 0.6 is 23.5 Å². The summed E-state index contributed by atoms with van der Waals surface area (Å²) in [4.78, 5) is 7.25. The van der Waals surface area contributed by atoms with Crippen LogP contribution in [0.2, 0.25) is 0 Å². The Hall–Kier alpha value is -3.77. The number of thioether (sulfide) groups is 2. The normalized spacial score (nSPS) is 11.3. The van der Waals surface area contributed by atoms with Crippen LogP contribution in [0.25, 0.3) is 44.4 Å². The molecule has 0 saturated carbocycles. The molecule has 7 aromatic rings. The third-order valence-corrected chi connectivity index (χ3v) is 9.49. The number of aromatic nitrogens is 4. The molecule has 8 heteroatoms. The summed E-state index contributed by atoms with van der Waals surface area (Å²) in [6.45, 7) is 6.54. The maximum atomic E-state index is 6.38. The molecule has 0 atom stereocenters. The fourth-order valence-corrected chi connectivity index (χ4v) is 7.28. The van der Waals surface area contributed by atoms with Gasteiger partial charge in [0.05, 0.1) is 6.20 Å². The zero-order valence-electron chi connectivity index (χ0n) is 26.1. The van der Waals surface area contributed by atoms with Crippen molar-refractivity contribution in [3.05, 3.63) is 121 Å². The van der Waals surface area contributed by atoms with Gasteiger partial charge in [0, 0.05) is 50.3 Å². The van der Waals surface area contributed by atoms with Crippen LogP contribution < -0.4 is 4.74 Å². The van der Waals surface area contributed by atoms with Gasteiger partial charge in [-0.15, -0.1) is 59.2 Å². The van der Waals surface area contributed by atoms with E-state index in [1.54, 1.807) is 23.5 Å². The van der Waals surface area contributed by atoms with Crippen molar-refractivity contribution in [3.8, 4) is 34.1 Å². The summed E-state index contributed by atoms with van der Waals surface area (Å²) in [6, 6.07) is 34.0. The molecular weight excluding hydrogens is 788 g/mol. The van der Waals surface area contributed by atoms with E-state index in [4.69, 9.17) is 14.8 Å². The Morgan fingerprint density at radius 1 is 0.826 bits per heavy atom. The molecule has 232 valence electrons. The van der Waals surface area contributed by atoms with E-state index in [0.717, 1.165) is 38.9 Å². The van der Waals surface area contributed by atoms with Crippen LogP contribution in [0.1, 0.15) is 30.9 Å². The molecule has 3 heterocycles. The zero-order valence-corrected chi connectivity index (χ0v) is 30.0. The minimum absolute atomic E-state index is 0. The Morgan fingerprint density at radius 2 is 1.59 bits per heavy atom.